The maximum absolute atomic E-state index is 12.1. The van der Waals surface area contributed by atoms with Crippen LogP contribution in [0.4, 0.5) is 0 Å². The molecule has 2 atom stereocenters. The molecule has 0 spiro atoms. The molecule has 1 aliphatic heterocycles. The van der Waals surface area contributed by atoms with Gasteiger partial charge in [0.15, 0.2) is 0 Å². The van der Waals surface area contributed by atoms with E-state index < -0.39 is 0 Å². The zero-order valence-electron chi connectivity index (χ0n) is 9.60. The maximum atomic E-state index is 12.1. The highest BCUT2D eigenvalue weighted by molar-refractivity contribution is 5.81. The minimum absolute atomic E-state index is 0.00995. The second kappa shape index (κ2) is 6.45. The molecule has 0 radical (unpaired) electrons. The SMILES string of the molecule is C=CCN(CC=C)C(=O)C1CCC(CN)O1. The Balaban J connectivity index is 2.53. The first-order chi connectivity index (χ1) is 7.72. The fourth-order valence-corrected chi connectivity index (χ4v) is 1.83. The molecule has 90 valence electrons. The molecule has 2 unspecified atom stereocenters. The summed E-state index contributed by atoms with van der Waals surface area (Å²) in [6.07, 6.45) is 4.72. The molecule has 2 N–H and O–H groups in total. The van der Waals surface area contributed by atoms with Crippen molar-refractivity contribution < 1.29 is 9.53 Å². The Morgan fingerprint density at radius 1 is 1.38 bits per heavy atom. The van der Waals surface area contributed by atoms with Gasteiger partial charge >= 0.3 is 0 Å². The molecular weight excluding hydrogens is 204 g/mol. The Labute approximate surface area is 96.7 Å². The number of nitrogens with two attached hydrogens (primary N) is 1. The first kappa shape index (κ1) is 12.9. The molecule has 0 aromatic heterocycles. The summed E-state index contributed by atoms with van der Waals surface area (Å²) < 4.78 is 5.56. The number of amides is 1. The van der Waals surface area contributed by atoms with E-state index in [0.29, 0.717) is 19.6 Å². The molecule has 1 rings (SSSR count). The fourth-order valence-electron chi connectivity index (χ4n) is 1.83. The van der Waals surface area contributed by atoms with Crippen LogP contribution >= 0.6 is 0 Å². The number of hydrogen-bond donors (Lipinski definition) is 1. The Hall–Kier alpha value is -1.13. The van der Waals surface area contributed by atoms with Crippen LogP contribution in [0.3, 0.4) is 0 Å². The zero-order valence-corrected chi connectivity index (χ0v) is 9.60. The average Bonchev–Trinajstić information content (AvgIpc) is 2.76. The highest BCUT2D eigenvalue weighted by Gasteiger charge is 2.32. The first-order valence-electron chi connectivity index (χ1n) is 5.59. The number of hydrogen-bond acceptors (Lipinski definition) is 3. The molecule has 1 fully saturated rings. The molecule has 0 saturated carbocycles. The van der Waals surface area contributed by atoms with Crippen LogP contribution in [-0.4, -0.2) is 42.6 Å². The summed E-state index contributed by atoms with van der Waals surface area (Å²) in [5.41, 5.74) is 5.51. The summed E-state index contributed by atoms with van der Waals surface area (Å²) in [7, 11) is 0. The third-order valence-electron chi connectivity index (χ3n) is 2.66. The van der Waals surface area contributed by atoms with Crippen molar-refractivity contribution in [3.8, 4) is 0 Å². The standard InChI is InChI=1S/C12H20N2O2/c1-3-7-14(8-4-2)12(15)11-6-5-10(9-13)16-11/h3-4,10-11H,1-2,5-9,13H2. The predicted octanol–water partition coefficient (Wildman–Crippen LogP) is 0.693. The van der Waals surface area contributed by atoms with Crippen LogP contribution in [-0.2, 0) is 9.53 Å². The summed E-state index contributed by atoms with van der Waals surface area (Å²) in [6, 6.07) is 0. The van der Waals surface area contributed by atoms with Crippen LogP contribution in [0.5, 0.6) is 0 Å². The fraction of sp³-hybridized carbons (Fsp3) is 0.583. The van der Waals surface area contributed by atoms with E-state index in [1.54, 1.807) is 17.1 Å². The lowest BCUT2D eigenvalue weighted by molar-refractivity contribution is -0.141. The van der Waals surface area contributed by atoms with Gasteiger partial charge in [0, 0.05) is 19.6 Å². The van der Waals surface area contributed by atoms with Crippen molar-refractivity contribution in [2.24, 2.45) is 5.73 Å². The van der Waals surface area contributed by atoms with Gasteiger partial charge in [0.05, 0.1) is 6.10 Å². The molecular formula is C12H20N2O2. The maximum Gasteiger partial charge on any atom is 0.252 e. The molecule has 1 saturated heterocycles. The highest BCUT2D eigenvalue weighted by atomic mass is 16.5. The molecule has 0 aromatic carbocycles. The van der Waals surface area contributed by atoms with Gasteiger partial charge in [-0.2, -0.15) is 0 Å². The van der Waals surface area contributed by atoms with Gasteiger partial charge in [0.25, 0.3) is 5.91 Å². The number of ether oxygens (including phenoxy) is 1. The summed E-state index contributed by atoms with van der Waals surface area (Å²) in [4.78, 5) is 13.7. The van der Waals surface area contributed by atoms with Gasteiger partial charge < -0.3 is 15.4 Å². The molecule has 0 bridgehead atoms. The van der Waals surface area contributed by atoms with E-state index in [0.717, 1.165) is 12.8 Å². The van der Waals surface area contributed by atoms with Gasteiger partial charge in [-0.3, -0.25) is 4.79 Å². The van der Waals surface area contributed by atoms with Crippen molar-refractivity contribution in [3.05, 3.63) is 25.3 Å². The van der Waals surface area contributed by atoms with Gasteiger partial charge in [0.1, 0.15) is 6.10 Å². The number of rotatable bonds is 6. The van der Waals surface area contributed by atoms with Gasteiger partial charge in [-0.1, -0.05) is 12.2 Å². The summed E-state index contributed by atoms with van der Waals surface area (Å²) in [5, 5.41) is 0. The average molecular weight is 224 g/mol. The second-order valence-electron chi connectivity index (χ2n) is 3.88. The quantitative estimate of drug-likeness (QED) is 0.675. The Bertz CT molecular complexity index is 256. The van der Waals surface area contributed by atoms with Gasteiger partial charge in [0.2, 0.25) is 0 Å². The van der Waals surface area contributed by atoms with E-state index in [1.165, 1.54) is 0 Å². The Morgan fingerprint density at radius 3 is 2.44 bits per heavy atom. The van der Waals surface area contributed by atoms with E-state index in [9.17, 15) is 4.79 Å². The third kappa shape index (κ3) is 3.18. The van der Waals surface area contributed by atoms with Crippen molar-refractivity contribution in [3.63, 3.8) is 0 Å². The van der Waals surface area contributed by atoms with Crippen LogP contribution in [0.15, 0.2) is 25.3 Å². The lowest BCUT2D eigenvalue weighted by Gasteiger charge is -2.23. The normalized spacial score (nSPS) is 24.1. The third-order valence-corrected chi connectivity index (χ3v) is 2.66. The van der Waals surface area contributed by atoms with Crippen molar-refractivity contribution in [1.29, 1.82) is 0 Å². The summed E-state index contributed by atoms with van der Waals surface area (Å²) in [6.45, 7) is 8.80. The molecule has 4 nitrogen and oxygen atoms in total. The predicted molar refractivity (Wildman–Crippen MR) is 63.9 cm³/mol. The van der Waals surface area contributed by atoms with Crippen LogP contribution in [0, 0.1) is 0 Å². The van der Waals surface area contributed by atoms with Gasteiger partial charge in [-0.05, 0) is 12.8 Å². The van der Waals surface area contributed by atoms with E-state index in [1.807, 2.05) is 0 Å². The minimum atomic E-state index is -0.339. The van der Waals surface area contributed by atoms with Crippen LogP contribution in [0.25, 0.3) is 0 Å². The Kier molecular flexibility index (Phi) is 5.22. The van der Waals surface area contributed by atoms with Crippen LogP contribution < -0.4 is 5.73 Å². The molecule has 0 aliphatic carbocycles. The first-order valence-corrected chi connectivity index (χ1v) is 5.59. The molecule has 1 amide bonds. The molecule has 16 heavy (non-hydrogen) atoms. The number of carbonyl (C=O) groups is 1. The second-order valence-corrected chi connectivity index (χ2v) is 3.88. The van der Waals surface area contributed by atoms with Crippen molar-refractivity contribution >= 4 is 5.91 Å². The highest BCUT2D eigenvalue weighted by Crippen LogP contribution is 2.20. The molecule has 0 aromatic rings. The van der Waals surface area contributed by atoms with Gasteiger partial charge in [-0.25, -0.2) is 0 Å². The van der Waals surface area contributed by atoms with E-state index in [2.05, 4.69) is 13.2 Å². The summed E-state index contributed by atoms with van der Waals surface area (Å²) in [5.74, 6) is 0.00995. The zero-order chi connectivity index (χ0) is 12.0. The van der Waals surface area contributed by atoms with Gasteiger partial charge in [-0.15, -0.1) is 13.2 Å². The van der Waals surface area contributed by atoms with E-state index >= 15 is 0 Å². The monoisotopic (exact) mass is 224 g/mol. The number of carbonyl (C=O) groups excluding carboxylic acids is 1. The summed E-state index contributed by atoms with van der Waals surface area (Å²) >= 11 is 0. The topological polar surface area (TPSA) is 55.6 Å². The lowest BCUT2D eigenvalue weighted by Crippen LogP contribution is -2.39. The van der Waals surface area contributed by atoms with Crippen LogP contribution in [0.2, 0.25) is 0 Å². The van der Waals surface area contributed by atoms with Crippen molar-refractivity contribution in [2.75, 3.05) is 19.6 Å². The lowest BCUT2D eigenvalue weighted by atomic mass is 10.2. The largest absolute Gasteiger partial charge is 0.364 e. The van der Waals surface area contributed by atoms with Crippen LogP contribution in [0.1, 0.15) is 12.8 Å². The molecule has 1 heterocycles. The van der Waals surface area contributed by atoms with Crippen molar-refractivity contribution in [2.45, 2.75) is 25.0 Å². The van der Waals surface area contributed by atoms with E-state index in [4.69, 9.17) is 10.5 Å². The smallest absolute Gasteiger partial charge is 0.252 e. The van der Waals surface area contributed by atoms with Crippen molar-refractivity contribution in [1.82, 2.24) is 4.90 Å². The number of nitrogens with zero attached hydrogens (tertiary/aromatic N) is 1. The van der Waals surface area contributed by atoms with E-state index in [-0.39, 0.29) is 18.1 Å². The molecule has 1 aliphatic rings. The Morgan fingerprint density at radius 2 is 2.00 bits per heavy atom. The minimum Gasteiger partial charge on any atom is -0.364 e. The molecule has 4 heteroatoms.